The Hall–Kier alpha value is -1.14. The van der Waals surface area contributed by atoms with Crippen LogP contribution in [0.5, 0.6) is 0 Å². The summed E-state index contributed by atoms with van der Waals surface area (Å²) >= 11 is 0. The molecule has 0 saturated carbocycles. The molecule has 0 spiro atoms. The number of aliphatic hydroxyl groups excluding tert-OH is 2. The highest BCUT2D eigenvalue weighted by atomic mass is 16.5. The van der Waals surface area contributed by atoms with Crippen LogP contribution in [0.3, 0.4) is 0 Å². The molecule has 0 aliphatic carbocycles. The van der Waals surface area contributed by atoms with Crippen molar-refractivity contribution < 1.29 is 24.5 Å². The van der Waals surface area contributed by atoms with Crippen molar-refractivity contribution in [3.05, 3.63) is 0 Å². The average Bonchev–Trinajstić information content (AvgIpc) is 3.32. The first-order chi connectivity index (χ1) is 33.0. The first-order valence-electron chi connectivity index (χ1n) is 30.8. The maximum absolute atomic E-state index is 13.3. The Morgan fingerprint density at radius 1 is 0.373 bits per heavy atom. The van der Waals surface area contributed by atoms with Crippen molar-refractivity contribution in [2.45, 2.75) is 373 Å². The molecule has 1 amide bonds. The third-order valence-corrected chi connectivity index (χ3v) is 14.7. The van der Waals surface area contributed by atoms with Crippen molar-refractivity contribution in [1.82, 2.24) is 5.32 Å². The van der Waals surface area contributed by atoms with E-state index < -0.39 is 18.2 Å². The smallest absolute Gasteiger partial charge is 0.306 e. The molecule has 0 fully saturated rings. The number of ether oxygens (including phenoxy) is 1. The summed E-state index contributed by atoms with van der Waals surface area (Å²) in [6.07, 6.45) is 63.2. The molecule has 0 aliphatic rings. The molecular weight excluding hydrogens is 827 g/mol. The van der Waals surface area contributed by atoms with Crippen molar-refractivity contribution in [2.24, 2.45) is 0 Å². The van der Waals surface area contributed by atoms with E-state index in [0.29, 0.717) is 19.3 Å². The van der Waals surface area contributed by atoms with E-state index in [0.717, 1.165) is 38.5 Å². The Morgan fingerprint density at radius 3 is 0.910 bits per heavy atom. The summed E-state index contributed by atoms with van der Waals surface area (Å²) in [4.78, 5) is 26.3. The lowest BCUT2D eigenvalue weighted by atomic mass is 10.0. The molecule has 0 saturated heterocycles. The van der Waals surface area contributed by atoms with Crippen molar-refractivity contribution in [2.75, 3.05) is 6.61 Å². The van der Waals surface area contributed by atoms with E-state index in [1.807, 2.05) is 0 Å². The minimum atomic E-state index is -0.781. The van der Waals surface area contributed by atoms with Crippen molar-refractivity contribution in [3.8, 4) is 0 Å². The number of esters is 1. The van der Waals surface area contributed by atoms with Crippen LogP contribution in [-0.4, -0.2) is 46.9 Å². The van der Waals surface area contributed by atoms with E-state index in [1.165, 1.54) is 270 Å². The van der Waals surface area contributed by atoms with Gasteiger partial charge in [0.15, 0.2) is 0 Å². The van der Waals surface area contributed by atoms with Crippen LogP contribution >= 0.6 is 0 Å². The molecule has 0 radical (unpaired) electrons. The summed E-state index contributed by atoms with van der Waals surface area (Å²) in [6.45, 7) is 6.55. The van der Waals surface area contributed by atoms with E-state index in [9.17, 15) is 19.8 Å². The van der Waals surface area contributed by atoms with Crippen LogP contribution in [0, 0.1) is 0 Å². The molecular formula is C61H121NO5. The molecule has 0 rings (SSSR count). The molecule has 0 aromatic rings. The Balaban J connectivity index is 4.41. The number of aliphatic hydroxyl groups is 2. The van der Waals surface area contributed by atoms with Gasteiger partial charge in [-0.25, -0.2) is 0 Å². The van der Waals surface area contributed by atoms with Crippen LogP contribution in [0.25, 0.3) is 0 Å². The number of carbonyl (C=O) groups is 2. The van der Waals surface area contributed by atoms with Gasteiger partial charge in [0, 0.05) is 6.42 Å². The number of nitrogens with one attached hydrogen (secondary N) is 1. The molecule has 6 nitrogen and oxygen atoms in total. The Bertz CT molecular complexity index is 975. The third-order valence-electron chi connectivity index (χ3n) is 14.7. The number of rotatable bonds is 57. The summed E-state index contributed by atoms with van der Waals surface area (Å²) < 4.78 is 5.98. The fourth-order valence-electron chi connectivity index (χ4n) is 10.0. The predicted molar refractivity (Wildman–Crippen MR) is 292 cm³/mol. The minimum absolute atomic E-state index is 0.0887. The van der Waals surface area contributed by atoms with Gasteiger partial charge < -0.3 is 20.3 Å². The number of amides is 1. The molecule has 0 aromatic heterocycles. The Labute approximate surface area is 419 Å². The van der Waals surface area contributed by atoms with Crippen molar-refractivity contribution >= 4 is 11.9 Å². The van der Waals surface area contributed by atoms with Crippen molar-refractivity contribution in [3.63, 3.8) is 0 Å². The second-order valence-corrected chi connectivity index (χ2v) is 21.5. The van der Waals surface area contributed by atoms with Gasteiger partial charge in [-0.05, 0) is 25.7 Å². The van der Waals surface area contributed by atoms with Gasteiger partial charge in [-0.15, -0.1) is 0 Å². The molecule has 3 atom stereocenters. The first kappa shape index (κ1) is 65.9. The summed E-state index contributed by atoms with van der Waals surface area (Å²) in [5.41, 5.74) is 0. The van der Waals surface area contributed by atoms with Crippen LogP contribution in [0.2, 0.25) is 0 Å². The molecule has 67 heavy (non-hydrogen) atoms. The highest BCUT2D eigenvalue weighted by molar-refractivity contribution is 5.77. The van der Waals surface area contributed by atoms with Crippen LogP contribution in [0.15, 0.2) is 0 Å². The summed E-state index contributed by atoms with van der Waals surface area (Å²) in [6, 6.07) is -0.693. The fourth-order valence-corrected chi connectivity index (χ4v) is 10.0. The second kappa shape index (κ2) is 55.8. The second-order valence-electron chi connectivity index (χ2n) is 21.5. The highest BCUT2D eigenvalue weighted by Gasteiger charge is 2.24. The SMILES string of the molecule is CCCCCCCCCCCCCCCCCCCCCC(=O)OC(CCCCCCCCCCCCCCC)CC(=O)NC(CO)C(O)CCCCCCCCCCCCCCCCCC. The van der Waals surface area contributed by atoms with Crippen LogP contribution in [-0.2, 0) is 14.3 Å². The maximum atomic E-state index is 13.3. The predicted octanol–water partition coefficient (Wildman–Crippen LogP) is 19.1. The molecule has 0 aliphatic heterocycles. The highest BCUT2D eigenvalue weighted by Crippen LogP contribution is 2.20. The number of hydrogen-bond acceptors (Lipinski definition) is 5. The van der Waals surface area contributed by atoms with Gasteiger partial charge in [0.2, 0.25) is 5.91 Å². The number of unbranched alkanes of at least 4 members (excludes halogenated alkanes) is 45. The van der Waals surface area contributed by atoms with E-state index in [2.05, 4.69) is 26.1 Å². The quantitative estimate of drug-likeness (QED) is 0.0417. The van der Waals surface area contributed by atoms with Gasteiger partial charge in [-0.2, -0.15) is 0 Å². The van der Waals surface area contributed by atoms with E-state index in [4.69, 9.17) is 4.74 Å². The normalized spacial score (nSPS) is 13.0. The zero-order chi connectivity index (χ0) is 48.8. The number of carbonyl (C=O) groups excluding carboxylic acids is 2. The molecule has 400 valence electrons. The summed E-state index contributed by atoms with van der Waals surface area (Å²) in [5.74, 6) is -0.442. The standard InChI is InChI=1S/C61H121NO5/c1-4-7-10-13-16-19-22-25-27-29-30-31-33-36-39-42-45-48-51-54-61(66)67-57(52-49-46-43-40-37-34-24-21-18-15-12-9-6-3)55-60(65)62-58(56-63)59(64)53-50-47-44-41-38-35-32-28-26-23-20-17-14-11-8-5-2/h57-59,63-64H,4-56H2,1-3H3,(H,62,65). The monoisotopic (exact) mass is 948 g/mol. The Morgan fingerprint density at radius 2 is 0.627 bits per heavy atom. The largest absolute Gasteiger partial charge is 0.462 e. The van der Waals surface area contributed by atoms with E-state index in [1.54, 1.807) is 0 Å². The lowest BCUT2D eigenvalue weighted by Crippen LogP contribution is -2.46. The lowest BCUT2D eigenvalue weighted by Gasteiger charge is -2.24. The van der Waals surface area contributed by atoms with E-state index >= 15 is 0 Å². The minimum Gasteiger partial charge on any atom is -0.462 e. The molecule has 0 bridgehead atoms. The topological polar surface area (TPSA) is 95.9 Å². The lowest BCUT2D eigenvalue weighted by molar-refractivity contribution is -0.151. The van der Waals surface area contributed by atoms with Gasteiger partial charge in [-0.1, -0.05) is 316 Å². The number of hydrogen-bond donors (Lipinski definition) is 3. The molecule has 0 aromatic carbocycles. The van der Waals surface area contributed by atoms with Crippen LogP contribution in [0.4, 0.5) is 0 Å². The molecule has 3 unspecified atom stereocenters. The molecule has 6 heteroatoms. The summed E-state index contributed by atoms with van der Waals surface area (Å²) in [7, 11) is 0. The summed E-state index contributed by atoms with van der Waals surface area (Å²) in [5, 5.41) is 23.9. The third kappa shape index (κ3) is 51.0. The zero-order valence-electron chi connectivity index (χ0n) is 45.8. The van der Waals surface area contributed by atoms with Gasteiger partial charge >= 0.3 is 5.97 Å². The van der Waals surface area contributed by atoms with E-state index in [-0.39, 0.29) is 24.9 Å². The van der Waals surface area contributed by atoms with Gasteiger partial charge in [0.05, 0.1) is 25.2 Å². The fraction of sp³-hybridized carbons (Fsp3) is 0.967. The average molecular weight is 949 g/mol. The van der Waals surface area contributed by atoms with Crippen molar-refractivity contribution in [1.29, 1.82) is 0 Å². The van der Waals surface area contributed by atoms with Gasteiger partial charge in [0.25, 0.3) is 0 Å². The maximum Gasteiger partial charge on any atom is 0.306 e. The van der Waals surface area contributed by atoms with Gasteiger partial charge in [0.1, 0.15) is 6.10 Å². The first-order valence-corrected chi connectivity index (χ1v) is 30.8. The van der Waals surface area contributed by atoms with Crippen LogP contribution in [0.1, 0.15) is 355 Å². The van der Waals surface area contributed by atoms with Gasteiger partial charge in [-0.3, -0.25) is 9.59 Å². The van der Waals surface area contributed by atoms with Crippen LogP contribution < -0.4 is 5.32 Å². The molecule has 3 N–H and O–H groups in total. The zero-order valence-corrected chi connectivity index (χ0v) is 45.8. The molecule has 0 heterocycles. The Kier molecular flexibility index (Phi) is 54.8.